The molecule has 1 aromatic carbocycles. The molecule has 0 radical (unpaired) electrons. The summed E-state index contributed by atoms with van der Waals surface area (Å²) in [6.45, 7) is 0.404. The molecular weight excluding hydrogens is 270 g/mol. The molecule has 21 heavy (non-hydrogen) atoms. The molecule has 2 N–H and O–H groups in total. The summed E-state index contributed by atoms with van der Waals surface area (Å²) in [5.74, 6) is 0.252. The number of carbonyl (C=O) groups is 2. The fraction of sp³-hybridized carbons (Fsp3) is 0.286. The van der Waals surface area contributed by atoms with Crippen LogP contribution in [0, 0.1) is 5.92 Å². The molecule has 0 spiro atoms. The molecule has 1 fully saturated rings. The van der Waals surface area contributed by atoms with Crippen molar-refractivity contribution < 1.29 is 9.59 Å². The molecule has 1 saturated heterocycles. The minimum absolute atomic E-state index is 0.0761. The minimum Gasteiger partial charge on any atom is -0.355 e. The van der Waals surface area contributed by atoms with Crippen LogP contribution in [0.1, 0.15) is 6.42 Å². The number of hydrogen-bond acceptors (Lipinski definition) is 4. The first-order valence-corrected chi connectivity index (χ1v) is 6.65. The highest BCUT2D eigenvalue weighted by molar-refractivity contribution is 5.97. The zero-order valence-corrected chi connectivity index (χ0v) is 11.5. The number of rotatable bonds is 3. The number of aryl methyl sites for hydroxylation is 1. The monoisotopic (exact) mass is 285 g/mol. The molecule has 1 aliphatic heterocycles. The van der Waals surface area contributed by atoms with E-state index < -0.39 is 0 Å². The van der Waals surface area contributed by atoms with Crippen molar-refractivity contribution in [1.29, 1.82) is 0 Å². The molecule has 7 heteroatoms. The Balaban J connectivity index is 1.69. The lowest BCUT2D eigenvalue weighted by Crippen LogP contribution is -2.24. The van der Waals surface area contributed by atoms with E-state index in [9.17, 15) is 9.59 Å². The van der Waals surface area contributed by atoms with E-state index in [-0.39, 0.29) is 24.2 Å². The van der Waals surface area contributed by atoms with E-state index in [0.717, 1.165) is 11.4 Å². The molecule has 2 amide bonds. The van der Waals surface area contributed by atoms with E-state index in [1.807, 2.05) is 35.9 Å². The largest absolute Gasteiger partial charge is 0.355 e. The molecule has 1 atom stereocenters. The minimum atomic E-state index is -0.295. The van der Waals surface area contributed by atoms with Crippen molar-refractivity contribution in [3.05, 3.63) is 30.6 Å². The summed E-state index contributed by atoms with van der Waals surface area (Å²) in [7, 11) is 1.87. The number of benzene rings is 1. The Morgan fingerprint density at radius 3 is 2.71 bits per heavy atom. The van der Waals surface area contributed by atoms with Crippen molar-refractivity contribution in [2.45, 2.75) is 6.42 Å². The fourth-order valence-electron chi connectivity index (χ4n) is 2.28. The molecule has 2 heterocycles. The van der Waals surface area contributed by atoms with Crippen LogP contribution in [0.15, 0.2) is 30.6 Å². The van der Waals surface area contributed by atoms with Crippen LogP contribution in [0.4, 0.5) is 5.69 Å². The molecule has 0 aliphatic carbocycles. The van der Waals surface area contributed by atoms with Gasteiger partial charge in [-0.05, 0) is 24.3 Å². The van der Waals surface area contributed by atoms with Gasteiger partial charge < -0.3 is 15.2 Å². The lowest BCUT2D eigenvalue weighted by atomic mass is 10.1. The standard InChI is InChI=1S/C14H15N5O2/c1-19-8-16-18-13(19)9-2-4-11(5-3-9)17-14(21)10-6-12(20)15-7-10/h2-5,8,10H,6-7H2,1H3,(H,15,20)(H,17,21). The van der Waals surface area contributed by atoms with Gasteiger partial charge in [0.05, 0.1) is 5.92 Å². The predicted molar refractivity (Wildman–Crippen MR) is 76.2 cm³/mol. The van der Waals surface area contributed by atoms with Gasteiger partial charge in [-0.15, -0.1) is 10.2 Å². The maximum Gasteiger partial charge on any atom is 0.229 e. The molecule has 0 bridgehead atoms. The second-order valence-electron chi connectivity index (χ2n) is 5.04. The van der Waals surface area contributed by atoms with Crippen LogP contribution in [-0.4, -0.2) is 33.1 Å². The van der Waals surface area contributed by atoms with Gasteiger partial charge in [0, 0.05) is 31.3 Å². The quantitative estimate of drug-likeness (QED) is 0.862. The van der Waals surface area contributed by atoms with E-state index in [0.29, 0.717) is 12.2 Å². The summed E-state index contributed by atoms with van der Waals surface area (Å²) in [5, 5.41) is 13.3. The second-order valence-corrected chi connectivity index (χ2v) is 5.04. The van der Waals surface area contributed by atoms with Crippen molar-refractivity contribution >= 4 is 17.5 Å². The molecule has 108 valence electrons. The fourth-order valence-corrected chi connectivity index (χ4v) is 2.28. The van der Waals surface area contributed by atoms with Gasteiger partial charge in [0.1, 0.15) is 6.33 Å². The molecule has 3 rings (SSSR count). The Hall–Kier alpha value is -2.70. The van der Waals surface area contributed by atoms with E-state index in [4.69, 9.17) is 0 Å². The maximum absolute atomic E-state index is 12.0. The maximum atomic E-state index is 12.0. The van der Waals surface area contributed by atoms with Crippen molar-refractivity contribution in [3.8, 4) is 11.4 Å². The Morgan fingerprint density at radius 1 is 1.38 bits per heavy atom. The summed E-state index contributed by atoms with van der Waals surface area (Å²) in [5.41, 5.74) is 1.62. The van der Waals surface area contributed by atoms with E-state index in [2.05, 4.69) is 20.8 Å². The molecule has 1 aromatic heterocycles. The van der Waals surface area contributed by atoms with Gasteiger partial charge >= 0.3 is 0 Å². The van der Waals surface area contributed by atoms with Crippen molar-refractivity contribution in [2.24, 2.45) is 13.0 Å². The number of carbonyl (C=O) groups excluding carboxylic acids is 2. The number of anilines is 1. The van der Waals surface area contributed by atoms with Crippen LogP contribution in [-0.2, 0) is 16.6 Å². The van der Waals surface area contributed by atoms with Gasteiger partial charge in [0.15, 0.2) is 5.82 Å². The first-order valence-electron chi connectivity index (χ1n) is 6.65. The molecule has 0 saturated carbocycles. The van der Waals surface area contributed by atoms with Gasteiger partial charge in [-0.3, -0.25) is 9.59 Å². The van der Waals surface area contributed by atoms with Crippen molar-refractivity contribution in [3.63, 3.8) is 0 Å². The molecule has 1 unspecified atom stereocenters. The third-order valence-corrected chi connectivity index (χ3v) is 3.47. The van der Waals surface area contributed by atoms with Gasteiger partial charge in [0.2, 0.25) is 11.8 Å². The van der Waals surface area contributed by atoms with Crippen LogP contribution < -0.4 is 10.6 Å². The Kier molecular flexibility index (Phi) is 3.39. The summed E-state index contributed by atoms with van der Waals surface area (Å²) in [6.07, 6.45) is 1.89. The van der Waals surface area contributed by atoms with Crippen LogP contribution >= 0.6 is 0 Å². The first-order chi connectivity index (χ1) is 10.1. The normalized spacial score (nSPS) is 17.6. The molecule has 7 nitrogen and oxygen atoms in total. The lowest BCUT2D eigenvalue weighted by Gasteiger charge is -2.09. The van der Waals surface area contributed by atoms with Gasteiger partial charge in [-0.2, -0.15) is 0 Å². The predicted octanol–water partition coefficient (Wildman–Crippen LogP) is 0.557. The first kappa shape index (κ1) is 13.3. The van der Waals surface area contributed by atoms with Crippen molar-refractivity contribution in [1.82, 2.24) is 20.1 Å². The number of nitrogens with one attached hydrogen (secondary N) is 2. The second kappa shape index (κ2) is 5.35. The van der Waals surface area contributed by atoms with Crippen LogP contribution in [0.25, 0.3) is 11.4 Å². The van der Waals surface area contributed by atoms with E-state index in [1.54, 1.807) is 6.33 Å². The van der Waals surface area contributed by atoms with Crippen LogP contribution in [0.3, 0.4) is 0 Å². The van der Waals surface area contributed by atoms with E-state index in [1.165, 1.54) is 0 Å². The average Bonchev–Trinajstić information content (AvgIpc) is 3.08. The molecular formula is C14H15N5O2. The molecule has 2 aromatic rings. The average molecular weight is 285 g/mol. The highest BCUT2D eigenvalue weighted by Gasteiger charge is 2.27. The van der Waals surface area contributed by atoms with Crippen LogP contribution in [0.2, 0.25) is 0 Å². The van der Waals surface area contributed by atoms with E-state index >= 15 is 0 Å². The lowest BCUT2D eigenvalue weighted by molar-refractivity contribution is -0.123. The molecule has 1 aliphatic rings. The Labute approximate surface area is 121 Å². The number of amides is 2. The summed E-state index contributed by atoms with van der Waals surface area (Å²) >= 11 is 0. The third-order valence-electron chi connectivity index (χ3n) is 3.47. The number of hydrogen-bond donors (Lipinski definition) is 2. The zero-order chi connectivity index (χ0) is 14.8. The van der Waals surface area contributed by atoms with Gasteiger partial charge in [-0.25, -0.2) is 0 Å². The Bertz CT molecular complexity index is 677. The topological polar surface area (TPSA) is 88.9 Å². The summed E-state index contributed by atoms with van der Waals surface area (Å²) < 4.78 is 1.82. The van der Waals surface area contributed by atoms with Crippen LogP contribution in [0.5, 0.6) is 0 Å². The SMILES string of the molecule is Cn1cnnc1-c1ccc(NC(=O)C2CNC(=O)C2)cc1. The smallest absolute Gasteiger partial charge is 0.229 e. The Morgan fingerprint density at radius 2 is 2.14 bits per heavy atom. The summed E-state index contributed by atoms with van der Waals surface area (Å²) in [4.78, 5) is 23.1. The third kappa shape index (κ3) is 2.76. The highest BCUT2D eigenvalue weighted by Crippen LogP contribution is 2.19. The van der Waals surface area contributed by atoms with Gasteiger partial charge in [0.25, 0.3) is 0 Å². The van der Waals surface area contributed by atoms with Gasteiger partial charge in [-0.1, -0.05) is 0 Å². The summed E-state index contributed by atoms with van der Waals surface area (Å²) in [6, 6.07) is 7.37. The zero-order valence-electron chi connectivity index (χ0n) is 11.5. The highest BCUT2D eigenvalue weighted by atomic mass is 16.2. The number of nitrogens with zero attached hydrogens (tertiary/aromatic N) is 3. The number of aromatic nitrogens is 3. The van der Waals surface area contributed by atoms with Crippen molar-refractivity contribution in [2.75, 3.05) is 11.9 Å².